The van der Waals surface area contributed by atoms with E-state index in [0.717, 1.165) is 17.1 Å². The number of hydrogen-bond donors (Lipinski definition) is 0. The van der Waals surface area contributed by atoms with Crippen LogP contribution in [0, 0.1) is 0 Å². The molecule has 15 rings (SSSR count). The molecule has 1 heteroatoms. The Hall–Kier alpha value is -9.04. The Kier molecular flexibility index (Phi) is 8.99. The highest BCUT2D eigenvalue weighted by molar-refractivity contribution is 6.09. The van der Waals surface area contributed by atoms with Gasteiger partial charge in [-0.05, 0) is 147 Å². The van der Waals surface area contributed by atoms with E-state index in [1.54, 1.807) is 0 Å². The van der Waals surface area contributed by atoms with Crippen LogP contribution in [-0.2, 0) is 10.8 Å². The molecule has 0 unspecified atom stereocenters. The number of nitrogens with zero attached hydrogens (tertiary/aromatic N) is 1. The summed E-state index contributed by atoms with van der Waals surface area (Å²) in [5.41, 5.74) is 25.8. The second kappa shape index (κ2) is 15.7. The lowest BCUT2D eigenvalue weighted by atomic mass is 9.70. The van der Waals surface area contributed by atoms with Gasteiger partial charge in [0.1, 0.15) is 0 Å². The number of hydrogen-bond acceptors (Lipinski definition) is 1. The summed E-state index contributed by atoms with van der Waals surface area (Å²) < 4.78 is 0. The maximum Gasteiger partial charge on any atom is 0.0725 e. The van der Waals surface area contributed by atoms with Crippen LogP contribution in [0.5, 0.6) is 0 Å². The van der Waals surface area contributed by atoms with Crippen LogP contribution in [0.15, 0.2) is 261 Å². The van der Waals surface area contributed by atoms with Gasteiger partial charge in [-0.1, -0.05) is 238 Å². The molecule has 0 amide bonds. The van der Waals surface area contributed by atoms with Gasteiger partial charge in [0.25, 0.3) is 0 Å². The molecule has 3 aliphatic carbocycles. The van der Waals surface area contributed by atoms with Crippen molar-refractivity contribution >= 4 is 38.6 Å². The smallest absolute Gasteiger partial charge is 0.0725 e. The average Bonchev–Trinajstić information content (AvgIpc) is 4.01. The van der Waals surface area contributed by atoms with Crippen LogP contribution >= 0.6 is 0 Å². The predicted octanol–water partition coefficient (Wildman–Crippen LogP) is 19.1. The highest BCUT2D eigenvalue weighted by atomic mass is 15.1. The van der Waals surface area contributed by atoms with Crippen LogP contribution < -0.4 is 4.90 Å². The van der Waals surface area contributed by atoms with Crippen LogP contribution in [0.25, 0.3) is 88.3 Å². The highest BCUT2D eigenvalue weighted by Gasteiger charge is 2.51. The van der Waals surface area contributed by atoms with Gasteiger partial charge >= 0.3 is 0 Å². The lowest BCUT2D eigenvalue weighted by Gasteiger charge is -2.33. The van der Waals surface area contributed by atoms with Crippen LogP contribution in [0.2, 0.25) is 0 Å². The summed E-state index contributed by atoms with van der Waals surface area (Å²) in [5, 5.41) is 4.94. The molecule has 1 spiro atoms. The summed E-state index contributed by atoms with van der Waals surface area (Å²) in [7, 11) is 0. The number of fused-ring (bicyclic) bond motifs is 15. The van der Waals surface area contributed by atoms with Crippen molar-refractivity contribution in [3.63, 3.8) is 0 Å². The zero-order valence-corrected chi connectivity index (χ0v) is 40.8. The minimum Gasteiger partial charge on any atom is -0.309 e. The molecule has 0 saturated carbocycles. The quantitative estimate of drug-likeness (QED) is 0.161. The van der Waals surface area contributed by atoms with Crippen LogP contribution in [0.1, 0.15) is 47.2 Å². The molecule has 0 heterocycles. The van der Waals surface area contributed by atoms with Crippen molar-refractivity contribution in [1.82, 2.24) is 0 Å². The van der Waals surface area contributed by atoms with Crippen molar-refractivity contribution in [3.8, 4) is 66.8 Å². The standard InChI is InChI=1S/C72H49N/c1-71(2)66-44-49-26-10-9-25-48(49)43-60(66)58-34-18-35-59(70(58)71)69-52(47-23-7-4-8-24-47)31-19-40-68(69)73(67-39-20-32-53-51(30-17-33-57(53)67)46-21-5-3-6-22-46)50-41-42-65-61(45-50)56-29-13-16-38-64(56)72(65)62-36-14-11-27-54(62)55-28-12-15-37-63(55)72/h3-45H,1-2H3. The Morgan fingerprint density at radius 3 is 1.45 bits per heavy atom. The third kappa shape index (κ3) is 5.85. The summed E-state index contributed by atoms with van der Waals surface area (Å²) in [6.45, 7) is 4.86. The zero-order chi connectivity index (χ0) is 48.4. The van der Waals surface area contributed by atoms with E-state index < -0.39 is 5.41 Å². The molecule has 0 aromatic heterocycles. The monoisotopic (exact) mass is 927 g/mol. The largest absolute Gasteiger partial charge is 0.309 e. The molecule has 0 fully saturated rings. The minimum atomic E-state index is -0.444. The lowest BCUT2D eigenvalue weighted by Crippen LogP contribution is -2.25. The summed E-state index contributed by atoms with van der Waals surface area (Å²) in [5.74, 6) is 0. The van der Waals surface area contributed by atoms with Crippen LogP contribution in [0.4, 0.5) is 17.1 Å². The summed E-state index contributed by atoms with van der Waals surface area (Å²) in [6, 6.07) is 98.0. The fourth-order valence-corrected chi connectivity index (χ4v) is 13.6. The van der Waals surface area contributed by atoms with Crippen LogP contribution in [-0.4, -0.2) is 0 Å². The van der Waals surface area contributed by atoms with Crippen molar-refractivity contribution in [2.75, 3.05) is 4.90 Å². The summed E-state index contributed by atoms with van der Waals surface area (Å²) in [6.07, 6.45) is 0. The second-order valence-electron chi connectivity index (χ2n) is 20.7. The molecule has 0 atom stereocenters. The van der Waals surface area contributed by atoms with E-state index >= 15 is 0 Å². The van der Waals surface area contributed by atoms with Crippen molar-refractivity contribution in [3.05, 3.63) is 294 Å². The fraction of sp³-hybridized carbons (Fsp3) is 0.0556. The molecule has 0 radical (unpaired) electrons. The van der Waals surface area contributed by atoms with E-state index in [0.29, 0.717) is 0 Å². The highest BCUT2D eigenvalue weighted by Crippen LogP contribution is 2.64. The molecule has 12 aromatic rings. The molecule has 3 aliphatic rings. The lowest BCUT2D eigenvalue weighted by molar-refractivity contribution is 0.663. The van der Waals surface area contributed by atoms with Gasteiger partial charge in [-0.3, -0.25) is 0 Å². The fourth-order valence-electron chi connectivity index (χ4n) is 13.6. The van der Waals surface area contributed by atoms with Gasteiger partial charge in [-0.25, -0.2) is 0 Å². The normalized spacial score (nSPS) is 13.8. The molecule has 0 aliphatic heterocycles. The third-order valence-electron chi connectivity index (χ3n) is 16.6. The van der Waals surface area contributed by atoms with E-state index in [4.69, 9.17) is 0 Å². The first-order valence-corrected chi connectivity index (χ1v) is 25.7. The molecule has 0 N–H and O–H groups in total. The summed E-state index contributed by atoms with van der Waals surface area (Å²) in [4.78, 5) is 2.59. The third-order valence-corrected chi connectivity index (χ3v) is 16.6. The first-order chi connectivity index (χ1) is 36.0. The number of benzene rings is 12. The van der Waals surface area contributed by atoms with Gasteiger partial charge in [-0.15, -0.1) is 0 Å². The van der Waals surface area contributed by atoms with E-state index in [-0.39, 0.29) is 5.41 Å². The van der Waals surface area contributed by atoms with E-state index in [9.17, 15) is 0 Å². The second-order valence-corrected chi connectivity index (χ2v) is 20.7. The van der Waals surface area contributed by atoms with Gasteiger partial charge in [0.05, 0.1) is 16.8 Å². The Morgan fingerprint density at radius 2 is 0.753 bits per heavy atom. The molecule has 0 bridgehead atoms. The molecular formula is C72H49N. The van der Waals surface area contributed by atoms with Crippen molar-refractivity contribution in [1.29, 1.82) is 0 Å². The first-order valence-electron chi connectivity index (χ1n) is 25.7. The Labute approximate surface area is 427 Å². The van der Waals surface area contributed by atoms with Crippen LogP contribution in [0.3, 0.4) is 0 Å². The number of rotatable bonds is 6. The van der Waals surface area contributed by atoms with Gasteiger partial charge in [0.15, 0.2) is 0 Å². The first kappa shape index (κ1) is 41.7. The topological polar surface area (TPSA) is 3.24 Å². The van der Waals surface area contributed by atoms with Crippen molar-refractivity contribution in [2.24, 2.45) is 0 Å². The van der Waals surface area contributed by atoms with Crippen molar-refractivity contribution in [2.45, 2.75) is 24.7 Å². The SMILES string of the molecule is CC1(C)c2cc3ccccc3cc2-c2cccc(-c3c(-c4ccccc4)cccc3N(c3ccc4c(c3)-c3ccccc3C43c4ccccc4-c4ccccc43)c3cccc4c(-c5ccccc5)cccc34)c21. The van der Waals surface area contributed by atoms with Gasteiger partial charge in [0.2, 0.25) is 0 Å². The van der Waals surface area contributed by atoms with Gasteiger partial charge in [0, 0.05) is 22.1 Å². The Bertz CT molecular complexity index is 4190. The molecule has 0 saturated heterocycles. The van der Waals surface area contributed by atoms with Gasteiger partial charge in [-0.2, -0.15) is 0 Å². The average molecular weight is 928 g/mol. The van der Waals surface area contributed by atoms with Gasteiger partial charge < -0.3 is 4.90 Å². The molecule has 73 heavy (non-hydrogen) atoms. The van der Waals surface area contributed by atoms with E-state index in [2.05, 4.69) is 280 Å². The molecule has 342 valence electrons. The predicted molar refractivity (Wildman–Crippen MR) is 306 cm³/mol. The maximum absolute atomic E-state index is 2.59. The maximum atomic E-state index is 2.59. The van der Waals surface area contributed by atoms with E-state index in [1.165, 1.54) is 122 Å². The summed E-state index contributed by atoms with van der Waals surface area (Å²) >= 11 is 0. The number of anilines is 3. The Balaban J connectivity index is 1.04. The Morgan fingerprint density at radius 1 is 0.288 bits per heavy atom. The molecular weight excluding hydrogens is 879 g/mol. The van der Waals surface area contributed by atoms with E-state index in [1.807, 2.05) is 0 Å². The molecule has 1 nitrogen and oxygen atoms in total. The minimum absolute atomic E-state index is 0.291. The zero-order valence-electron chi connectivity index (χ0n) is 40.8. The van der Waals surface area contributed by atoms with Crippen molar-refractivity contribution < 1.29 is 0 Å². The molecule has 12 aromatic carbocycles.